The van der Waals surface area contributed by atoms with E-state index in [-0.39, 0.29) is 23.8 Å². The third kappa shape index (κ3) is 5.73. The number of aromatic amines is 1. The average molecular weight is 603 g/mol. The lowest BCUT2D eigenvalue weighted by molar-refractivity contribution is -0.165. The number of aliphatic hydroxyl groups excluding tert-OH is 1. The monoisotopic (exact) mass is 602 g/mol. The lowest BCUT2D eigenvalue weighted by Gasteiger charge is -2.53. The van der Waals surface area contributed by atoms with Crippen LogP contribution in [0.4, 0.5) is 0 Å². The molecule has 3 heterocycles. The van der Waals surface area contributed by atoms with Crippen molar-refractivity contribution in [3.63, 3.8) is 0 Å². The zero-order chi connectivity index (χ0) is 31.0. The predicted molar refractivity (Wildman–Crippen MR) is 160 cm³/mol. The van der Waals surface area contributed by atoms with Crippen molar-refractivity contribution in [3.8, 4) is 0 Å². The maximum atomic E-state index is 13.8. The molecule has 2 aliphatic heterocycles. The quantitative estimate of drug-likeness (QED) is 0.379. The number of nitrogens with one attached hydrogen (secondary N) is 2. The van der Waals surface area contributed by atoms with Gasteiger partial charge >= 0.3 is 0 Å². The summed E-state index contributed by atoms with van der Waals surface area (Å²) in [7, 11) is -0.559. The van der Waals surface area contributed by atoms with Gasteiger partial charge in [0.05, 0.1) is 23.2 Å². The fourth-order valence-corrected chi connectivity index (χ4v) is 7.80. The van der Waals surface area contributed by atoms with Crippen molar-refractivity contribution < 1.29 is 23.1 Å². The fourth-order valence-electron chi connectivity index (χ4n) is 6.50. The summed E-state index contributed by atoms with van der Waals surface area (Å²) in [6, 6.07) is 2.68. The van der Waals surface area contributed by atoms with Gasteiger partial charge in [-0.3, -0.25) is 19.6 Å². The van der Waals surface area contributed by atoms with Gasteiger partial charge in [-0.25, -0.2) is 12.7 Å². The second-order valence-electron chi connectivity index (χ2n) is 12.3. The van der Waals surface area contributed by atoms with Crippen LogP contribution >= 0.6 is 0 Å². The van der Waals surface area contributed by atoms with Gasteiger partial charge in [-0.15, -0.1) is 0 Å². The number of aryl methyl sites for hydroxylation is 2. The number of aromatic nitrogens is 2. The van der Waals surface area contributed by atoms with Crippen molar-refractivity contribution in [2.75, 3.05) is 33.7 Å². The lowest BCUT2D eigenvalue weighted by Crippen LogP contribution is -2.75. The molecule has 2 fully saturated rings. The Morgan fingerprint density at radius 2 is 1.74 bits per heavy atom. The molecule has 0 aliphatic carbocycles. The van der Waals surface area contributed by atoms with Gasteiger partial charge in [0.25, 0.3) is 0 Å². The summed E-state index contributed by atoms with van der Waals surface area (Å²) in [5.74, 6) is -0.592. The van der Waals surface area contributed by atoms with E-state index >= 15 is 0 Å². The van der Waals surface area contributed by atoms with Crippen LogP contribution in [0.3, 0.4) is 0 Å². The molecule has 1 aromatic carbocycles. The molecule has 0 bridgehead atoms. The molecule has 0 saturated carbocycles. The molecule has 2 amide bonds. The summed E-state index contributed by atoms with van der Waals surface area (Å²) in [5.41, 5.74) is 2.22. The Morgan fingerprint density at radius 3 is 2.24 bits per heavy atom. The Hall–Kier alpha value is -2.80. The third-order valence-corrected chi connectivity index (χ3v) is 11.0. The van der Waals surface area contributed by atoms with E-state index < -0.39 is 27.7 Å². The molecular formula is C30H46N6O5S. The summed E-state index contributed by atoms with van der Waals surface area (Å²) in [6.45, 7) is 10.9. The van der Waals surface area contributed by atoms with E-state index in [2.05, 4.69) is 27.3 Å². The molecular weight excluding hydrogens is 556 g/mol. The van der Waals surface area contributed by atoms with Crippen LogP contribution in [0.15, 0.2) is 29.4 Å². The van der Waals surface area contributed by atoms with Gasteiger partial charge in [-0.2, -0.15) is 5.10 Å². The summed E-state index contributed by atoms with van der Waals surface area (Å²) >= 11 is 0. The first-order chi connectivity index (χ1) is 19.8. The van der Waals surface area contributed by atoms with Gasteiger partial charge in [-0.05, 0) is 55.7 Å². The second kappa shape index (κ2) is 12.4. The average Bonchev–Trinajstić information content (AvgIpc) is 3.45. The highest BCUT2D eigenvalue weighted by Crippen LogP contribution is 2.39. The number of piperidine rings is 1. The second-order valence-corrected chi connectivity index (χ2v) is 14.4. The van der Waals surface area contributed by atoms with Gasteiger partial charge in [-0.1, -0.05) is 39.3 Å². The molecule has 12 heteroatoms. The molecule has 1 unspecified atom stereocenters. The Kier molecular flexibility index (Phi) is 9.51. The molecule has 4 rings (SSSR count). The zero-order valence-corrected chi connectivity index (χ0v) is 26.7. The van der Waals surface area contributed by atoms with Crippen LogP contribution in [-0.4, -0.2) is 101 Å². The molecule has 1 spiro atoms. The zero-order valence-electron chi connectivity index (χ0n) is 25.8. The minimum atomic E-state index is -3.62. The number of rotatable bonds is 10. The van der Waals surface area contributed by atoms with E-state index in [0.29, 0.717) is 48.5 Å². The Labute approximate surface area is 249 Å². The van der Waals surface area contributed by atoms with Gasteiger partial charge in [0.1, 0.15) is 11.6 Å². The smallest absolute Gasteiger partial charge is 0.248 e. The van der Waals surface area contributed by atoms with Gasteiger partial charge in [0.2, 0.25) is 21.8 Å². The number of carbonyl (C=O) groups is 2. The number of hydrogen-bond acceptors (Lipinski definition) is 7. The summed E-state index contributed by atoms with van der Waals surface area (Å²) in [5, 5.41) is 20.7. The first-order valence-electron chi connectivity index (χ1n) is 14.8. The normalized spacial score (nSPS) is 21.3. The lowest BCUT2D eigenvalue weighted by atomic mass is 9.79. The number of unbranched alkanes of at least 4 members (excludes halogenated alkanes) is 1. The number of sulfonamides is 1. The molecule has 2 aliphatic rings. The summed E-state index contributed by atoms with van der Waals surface area (Å²) in [6.07, 6.45) is 5.19. The maximum absolute atomic E-state index is 13.8. The number of carbonyl (C=O) groups excluding carboxylic acids is 2. The van der Waals surface area contributed by atoms with Crippen LogP contribution in [0, 0.1) is 19.8 Å². The van der Waals surface area contributed by atoms with Crippen molar-refractivity contribution in [3.05, 3.63) is 46.8 Å². The molecule has 0 radical (unpaired) electrons. The minimum absolute atomic E-state index is 0.176. The van der Waals surface area contributed by atoms with E-state index in [4.69, 9.17) is 0 Å². The Bertz CT molecular complexity index is 1360. The molecule has 2 aromatic rings. The van der Waals surface area contributed by atoms with E-state index in [0.717, 1.165) is 24.0 Å². The third-order valence-electron chi connectivity index (χ3n) is 8.88. The van der Waals surface area contributed by atoms with Crippen LogP contribution in [0.1, 0.15) is 74.8 Å². The summed E-state index contributed by atoms with van der Waals surface area (Å²) in [4.78, 5) is 31.8. The van der Waals surface area contributed by atoms with Crippen LogP contribution in [0.5, 0.6) is 0 Å². The SMILES string of the molecule is CCCCN1C(=O)[C@@H]([C@H](O)C(C)C)NC(=O)C12CCN(C(c1cn[nH]c1)c1cc(C)c(S(=O)(=O)N(C)C)c(C)c1)CC2. The fraction of sp³-hybridized carbons (Fsp3) is 0.633. The predicted octanol–water partition coefficient (Wildman–Crippen LogP) is 2.34. The number of amides is 2. The highest BCUT2D eigenvalue weighted by molar-refractivity contribution is 7.89. The highest BCUT2D eigenvalue weighted by Gasteiger charge is 2.55. The molecule has 3 atom stereocenters. The standard InChI is InChI=1S/C30H46N6O5S/c1-8-9-12-36-28(38)24(26(37)19(2)3)33-29(39)30(36)10-13-35(14-11-30)25(23-17-31-32-18-23)22-15-20(4)27(21(5)16-22)42(40,41)34(6)7/h15-19,24-26,37H,8-14H2,1-7H3,(H,31,32)(H,33,39)/t24-,25?,26-/m1/s1. The molecule has 232 valence electrons. The number of aliphatic hydroxyl groups is 1. The van der Waals surface area contributed by atoms with E-state index in [1.807, 2.05) is 46.0 Å². The maximum Gasteiger partial charge on any atom is 0.248 e. The van der Waals surface area contributed by atoms with Gasteiger partial charge in [0.15, 0.2) is 0 Å². The number of hydrogen-bond donors (Lipinski definition) is 3. The molecule has 3 N–H and O–H groups in total. The molecule has 1 aromatic heterocycles. The minimum Gasteiger partial charge on any atom is -0.390 e. The van der Waals surface area contributed by atoms with Crippen LogP contribution in [0.2, 0.25) is 0 Å². The number of H-pyrrole nitrogens is 1. The molecule has 42 heavy (non-hydrogen) atoms. The number of benzene rings is 1. The molecule has 11 nitrogen and oxygen atoms in total. The van der Waals surface area contributed by atoms with Gasteiger partial charge in [0, 0.05) is 45.5 Å². The van der Waals surface area contributed by atoms with Crippen molar-refractivity contribution in [1.29, 1.82) is 0 Å². The van der Waals surface area contributed by atoms with Crippen molar-refractivity contribution in [1.82, 2.24) is 29.6 Å². The van der Waals surface area contributed by atoms with Crippen molar-refractivity contribution in [2.24, 2.45) is 5.92 Å². The Balaban J connectivity index is 1.67. The molecule has 2 saturated heterocycles. The van der Waals surface area contributed by atoms with Crippen LogP contribution in [-0.2, 0) is 19.6 Å². The number of likely N-dealkylation sites (tertiary alicyclic amines) is 1. The van der Waals surface area contributed by atoms with Crippen molar-refractivity contribution in [2.45, 2.75) is 88.9 Å². The van der Waals surface area contributed by atoms with Crippen LogP contribution < -0.4 is 5.32 Å². The topological polar surface area (TPSA) is 139 Å². The first-order valence-corrected chi connectivity index (χ1v) is 16.3. The number of nitrogens with zero attached hydrogens (tertiary/aromatic N) is 4. The Morgan fingerprint density at radius 1 is 1.12 bits per heavy atom. The van der Waals surface area contributed by atoms with E-state index in [1.165, 1.54) is 18.4 Å². The summed E-state index contributed by atoms with van der Waals surface area (Å²) < 4.78 is 27.3. The highest BCUT2D eigenvalue weighted by atomic mass is 32.2. The van der Waals surface area contributed by atoms with E-state index in [1.54, 1.807) is 11.1 Å². The first kappa shape index (κ1) is 32.1. The van der Waals surface area contributed by atoms with Gasteiger partial charge < -0.3 is 15.3 Å². The van der Waals surface area contributed by atoms with Crippen molar-refractivity contribution >= 4 is 21.8 Å². The van der Waals surface area contributed by atoms with Crippen LogP contribution in [0.25, 0.3) is 0 Å². The number of piperazine rings is 1. The van der Waals surface area contributed by atoms with E-state index in [9.17, 15) is 23.1 Å². The largest absolute Gasteiger partial charge is 0.390 e.